The highest BCUT2D eigenvalue weighted by Gasteiger charge is 2.22. The lowest BCUT2D eigenvalue weighted by atomic mass is 10.1. The van der Waals surface area contributed by atoms with Crippen molar-refractivity contribution in [1.29, 1.82) is 0 Å². The summed E-state index contributed by atoms with van der Waals surface area (Å²) in [7, 11) is 1.66. The third kappa shape index (κ3) is 2.89. The van der Waals surface area contributed by atoms with Gasteiger partial charge in [0.15, 0.2) is 0 Å². The molecule has 0 aliphatic carbocycles. The fourth-order valence-electron chi connectivity index (χ4n) is 2.63. The topological polar surface area (TPSA) is 59.6 Å². The second-order valence-electron chi connectivity index (χ2n) is 5.13. The van der Waals surface area contributed by atoms with Crippen LogP contribution in [0.25, 0.3) is 0 Å². The first-order valence-electron chi connectivity index (χ1n) is 7.13. The van der Waals surface area contributed by atoms with E-state index in [1.165, 1.54) is 5.69 Å². The normalized spacial score (nSPS) is 13.7. The molecule has 0 unspecified atom stereocenters. The van der Waals surface area contributed by atoms with Crippen LogP contribution in [-0.2, 0) is 26.1 Å². The Morgan fingerprint density at radius 1 is 1.32 bits per heavy atom. The Bertz CT molecular complexity index is 692. The van der Waals surface area contributed by atoms with E-state index in [-0.39, 0.29) is 6.61 Å². The summed E-state index contributed by atoms with van der Waals surface area (Å²) in [5.41, 5.74) is 4.14. The largest absolute Gasteiger partial charge is 0.497 e. The first-order valence-corrected chi connectivity index (χ1v) is 8.36. The minimum Gasteiger partial charge on any atom is -0.497 e. The summed E-state index contributed by atoms with van der Waals surface area (Å²) in [6.45, 7) is 1.26. The molecule has 0 fully saturated rings. The Balaban J connectivity index is 1.89. The number of rotatable bonds is 4. The van der Waals surface area contributed by atoms with Crippen molar-refractivity contribution in [3.8, 4) is 5.75 Å². The molecular formula is C16H19N3O2S. The smallest absolute Gasteiger partial charge is 0.118 e. The number of benzene rings is 1. The molecular weight excluding hydrogens is 298 g/mol. The van der Waals surface area contributed by atoms with Crippen LogP contribution in [0.15, 0.2) is 29.3 Å². The van der Waals surface area contributed by atoms with Crippen molar-refractivity contribution in [3.05, 3.63) is 46.8 Å². The summed E-state index contributed by atoms with van der Waals surface area (Å²) in [5, 5.41) is 15.2. The molecule has 1 aliphatic rings. The van der Waals surface area contributed by atoms with Gasteiger partial charge >= 0.3 is 0 Å². The number of aliphatic imine (C=N–C) groups is 1. The van der Waals surface area contributed by atoms with Crippen molar-refractivity contribution < 1.29 is 9.84 Å². The molecule has 1 aliphatic heterocycles. The number of fused-ring (bicyclic) bond motifs is 1. The number of ether oxygens (including phenoxy) is 1. The first kappa shape index (κ1) is 15.1. The summed E-state index contributed by atoms with van der Waals surface area (Å²) >= 11 is 1.68. The highest BCUT2D eigenvalue weighted by atomic mass is 32.2. The van der Waals surface area contributed by atoms with E-state index in [0.29, 0.717) is 13.1 Å². The van der Waals surface area contributed by atoms with Gasteiger partial charge in [-0.25, -0.2) is 0 Å². The predicted octanol–water partition coefficient (Wildman–Crippen LogP) is 2.25. The Hall–Kier alpha value is -1.79. The van der Waals surface area contributed by atoms with E-state index < -0.39 is 0 Å². The van der Waals surface area contributed by atoms with Crippen LogP contribution in [0, 0.1) is 0 Å². The van der Waals surface area contributed by atoms with E-state index in [0.717, 1.165) is 34.0 Å². The number of thioether (sulfide) groups is 1. The van der Waals surface area contributed by atoms with Gasteiger partial charge in [-0.05, 0) is 24.0 Å². The number of hydrogen-bond donors (Lipinski definition) is 1. The van der Waals surface area contributed by atoms with Crippen LogP contribution in [0.2, 0.25) is 0 Å². The van der Waals surface area contributed by atoms with Crippen LogP contribution in [0.4, 0.5) is 0 Å². The molecule has 22 heavy (non-hydrogen) atoms. The van der Waals surface area contributed by atoms with Gasteiger partial charge in [0.05, 0.1) is 43.2 Å². The lowest BCUT2D eigenvalue weighted by molar-refractivity contribution is 0.274. The van der Waals surface area contributed by atoms with E-state index in [2.05, 4.69) is 10.1 Å². The van der Waals surface area contributed by atoms with Gasteiger partial charge in [0, 0.05) is 12.0 Å². The molecule has 0 atom stereocenters. The number of methoxy groups -OCH3 is 1. The summed E-state index contributed by atoms with van der Waals surface area (Å²) < 4.78 is 7.18. The van der Waals surface area contributed by atoms with Gasteiger partial charge < -0.3 is 9.84 Å². The maximum Gasteiger partial charge on any atom is 0.118 e. The van der Waals surface area contributed by atoms with E-state index in [1.807, 2.05) is 35.2 Å². The highest BCUT2D eigenvalue weighted by Crippen LogP contribution is 2.25. The monoisotopic (exact) mass is 317 g/mol. The zero-order valence-electron chi connectivity index (χ0n) is 12.7. The van der Waals surface area contributed by atoms with E-state index >= 15 is 0 Å². The maximum atomic E-state index is 9.52. The van der Waals surface area contributed by atoms with Gasteiger partial charge in [0.2, 0.25) is 0 Å². The quantitative estimate of drug-likeness (QED) is 0.939. The molecule has 0 bridgehead atoms. The number of aliphatic hydroxyl groups is 1. The van der Waals surface area contributed by atoms with Gasteiger partial charge in [-0.1, -0.05) is 12.1 Å². The molecule has 6 heteroatoms. The zero-order chi connectivity index (χ0) is 15.5. The standard InChI is InChI=1S/C16H19N3O2S/c1-21-12-5-3-11(4-6-12)9-19-15-7-16(22-2)17-8-13(15)14(10-20)18-19/h3-6,20H,7-10H2,1-2H3. The van der Waals surface area contributed by atoms with Gasteiger partial charge in [0.1, 0.15) is 5.75 Å². The third-order valence-electron chi connectivity index (χ3n) is 3.86. The van der Waals surface area contributed by atoms with Crippen LogP contribution in [0.1, 0.15) is 22.5 Å². The molecule has 3 rings (SSSR count). The summed E-state index contributed by atoms with van der Waals surface area (Å²) in [5.74, 6) is 0.846. The lowest BCUT2D eigenvalue weighted by Gasteiger charge is -2.14. The Labute approximate surface area is 134 Å². The number of aromatic nitrogens is 2. The fraction of sp³-hybridized carbons (Fsp3) is 0.375. The molecule has 1 N–H and O–H groups in total. The highest BCUT2D eigenvalue weighted by molar-refractivity contribution is 8.13. The van der Waals surface area contributed by atoms with Gasteiger partial charge in [-0.15, -0.1) is 11.8 Å². The summed E-state index contributed by atoms with van der Waals surface area (Å²) in [4.78, 5) is 4.54. The number of nitrogens with zero attached hydrogens (tertiary/aromatic N) is 3. The van der Waals surface area contributed by atoms with Crippen molar-refractivity contribution >= 4 is 16.8 Å². The van der Waals surface area contributed by atoms with Gasteiger partial charge in [0.25, 0.3) is 0 Å². The lowest BCUT2D eigenvalue weighted by Crippen LogP contribution is -2.14. The molecule has 2 aromatic rings. The average Bonchev–Trinajstić information content (AvgIpc) is 2.92. The Morgan fingerprint density at radius 3 is 2.73 bits per heavy atom. The number of hydrogen-bond acceptors (Lipinski definition) is 5. The minimum atomic E-state index is -0.0396. The van der Waals surface area contributed by atoms with Crippen molar-refractivity contribution in [3.63, 3.8) is 0 Å². The molecule has 0 saturated carbocycles. The molecule has 2 heterocycles. The van der Waals surface area contributed by atoms with E-state index in [9.17, 15) is 5.11 Å². The second kappa shape index (κ2) is 6.54. The molecule has 0 spiro atoms. The molecule has 0 saturated heterocycles. The maximum absolute atomic E-state index is 9.52. The SMILES string of the molecule is COc1ccc(Cn2nc(CO)c3c2CC(SC)=NC3)cc1. The van der Waals surface area contributed by atoms with Crippen LogP contribution in [-0.4, -0.2) is 33.3 Å². The predicted molar refractivity (Wildman–Crippen MR) is 88.6 cm³/mol. The zero-order valence-corrected chi connectivity index (χ0v) is 13.6. The van der Waals surface area contributed by atoms with E-state index in [4.69, 9.17) is 4.74 Å². The molecule has 1 aromatic heterocycles. The van der Waals surface area contributed by atoms with Crippen LogP contribution < -0.4 is 4.74 Å². The van der Waals surface area contributed by atoms with Crippen LogP contribution >= 0.6 is 11.8 Å². The molecule has 1 aromatic carbocycles. The van der Waals surface area contributed by atoms with Crippen molar-refractivity contribution in [2.75, 3.05) is 13.4 Å². The van der Waals surface area contributed by atoms with Gasteiger partial charge in [-0.2, -0.15) is 5.10 Å². The van der Waals surface area contributed by atoms with E-state index in [1.54, 1.807) is 18.9 Å². The average molecular weight is 317 g/mol. The fourth-order valence-corrected chi connectivity index (χ4v) is 3.11. The van der Waals surface area contributed by atoms with Crippen molar-refractivity contribution in [2.24, 2.45) is 4.99 Å². The van der Waals surface area contributed by atoms with Gasteiger partial charge in [-0.3, -0.25) is 9.67 Å². The summed E-state index contributed by atoms with van der Waals surface area (Å²) in [6, 6.07) is 7.98. The first-order chi connectivity index (χ1) is 10.7. The second-order valence-corrected chi connectivity index (χ2v) is 6.01. The molecule has 0 radical (unpaired) electrons. The Kier molecular flexibility index (Phi) is 4.49. The Morgan fingerprint density at radius 2 is 2.09 bits per heavy atom. The summed E-state index contributed by atoms with van der Waals surface area (Å²) in [6.07, 6.45) is 2.83. The molecule has 5 nitrogen and oxygen atoms in total. The number of aliphatic hydroxyl groups excluding tert-OH is 1. The van der Waals surface area contributed by atoms with Crippen molar-refractivity contribution in [1.82, 2.24) is 9.78 Å². The van der Waals surface area contributed by atoms with Crippen LogP contribution in [0.5, 0.6) is 5.75 Å². The molecule has 0 amide bonds. The molecule has 116 valence electrons. The van der Waals surface area contributed by atoms with Crippen molar-refractivity contribution in [2.45, 2.75) is 26.1 Å². The minimum absolute atomic E-state index is 0.0396. The van der Waals surface area contributed by atoms with Crippen LogP contribution in [0.3, 0.4) is 0 Å². The third-order valence-corrected chi connectivity index (χ3v) is 4.60.